The highest BCUT2D eigenvalue weighted by Gasteiger charge is 2.48. The van der Waals surface area contributed by atoms with Crippen molar-refractivity contribution in [3.63, 3.8) is 0 Å². The van der Waals surface area contributed by atoms with Gasteiger partial charge in [0.05, 0.1) is 33.0 Å². The molecule has 1 fully saturated rings. The Morgan fingerprint density at radius 1 is 0.512 bits per heavy atom. The summed E-state index contributed by atoms with van der Waals surface area (Å²) >= 11 is 0. The Bertz CT molecular complexity index is 1260. The van der Waals surface area contributed by atoms with Crippen molar-refractivity contribution in [1.82, 2.24) is 5.43 Å². The molecule has 0 spiro atoms. The highest BCUT2D eigenvalue weighted by atomic mass is 16.6. The summed E-state index contributed by atoms with van der Waals surface area (Å²) in [5, 5.41) is 0. The Labute approximate surface area is 242 Å². The van der Waals surface area contributed by atoms with E-state index >= 15 is 0 Å². The average Bonchev–Trinajstić information content (AvgIpc) is 3.04. The lowest BCUT2D eigenvalue weighted by atomic mass is 9.97. The lowest BCUT2D eigenvalue weighted by molar-refractivity contribution is -0.278. The van der Waals surface area contributed by atoms with Crippen LogP contribution in [0.5, 0.6) is 0 Å². The first kappa shape index (κ1) is 29.1. The molecule has 1 heterocycles. The van der Waals surface area contributed by atoms with Crippen molar-refractivity contribution < 1.29 is 23.7 Å². The van der Waals surface area contributed by atoms with Crippen molar-refractivity contribution in [3.8, 4) is 0 Å². The summed E-state index contributed by atoms with van der Waals surface area (Å²) in [4.78, 5) is 0. The van der Waals surface area contributed by atoms with Crippen LogP contribution in [0.3, 0.4) is 0 Å². The summed E-state index contributed by atoms with van der Waals surface area (Å²) < 4.78 is 32.3. The fraction of sp³-hybridized carbons (Fsp3) is 0.294. The SMILES string of the molecule is NN[C@H]1O[C@H](COCc2ccccc2)[C@@H](OCc2ccccc2)[C@H](OCc2ccccc2)[C@H]1OCc1ccccc1. The third-order valence-corrected chi connectivity index (χ3v) is 7.05. The maximum atomic E-state index is 6.62. The Balaban J connectivity index is 1.38. The van der Waals surface area contributed by atoms with Crippen molar-refractivity contribution in [1.29, 1.82) is 0 Å². The lowest BCUT2D eigenvalue weighted by Gasteiger charge is -2.46. The van der Waals surface area contributed by atoms with Crippen LogP contribution in [0.25, 0.3) is 0 Å². The molecule has 3 N–H and O–H groups in total. The molecule has 5 rings (SSSR count). The number of rotatable bonds is 14. The monoisotopic (exact) mass is 554 g/mol. The van der Waals surface area contributed by atoms with Gasteiger partial charge in [0.1, 0.15) is 30.6 Å². The first-order valence-electron chi connectivity index (χ1n) is 14.0. The summed E-state index contributed by atoms with van der Waals surface area (Å²) in [6.07, 6.45) is -2.62. The van der Waals surface area contributed by atoms with Gasteiger partial charge in [0.2, 0.25) is 0 Å². The van der Waals surface area contributed by atoms with E-state index in [-0.39, 0.29) is 0 Å². The highest BCUT2D eigenvalue weighted by molar-refractivity contribution is 5.16. The maximum absolute atomic E-state index is 6.62. The van der Waals surface area contributed by atoms with Crippen molar-refractivity contribution in [3.05, 3.63) is 144 Å². The minimum Gasteiger partial charge on any atom is -0.374 e. The third kappa shape index (κ3) is 8.55. The van der Waals surface area contributed by atoms with Crippen LogP contribution in [0.2, 0.25) is 0 Å². The summed E-state index contributed by atoms with van der Waals surface area (Å²) in [6.45, 7) is 1.90. The molecule has 41 heavy (non-hydrogen) atoms. The van der Waals surface area contributed by atoms with Gasteiger partial charge in [0.15, 0.2) is 0 Å². The first-order valence-corrected chi connectivity index (χ1v) is 14.0. The number of hydrogen-bond donors (Lipinski definition) is 2. The molecule has 0 saturated carbocycles. The standard InChI is InChI=1S/C34H38N2O5/c35-36-34-33(40-24-29-19-11-4-12-20-29)32(39-23-28-17-9-3-10-18-28)31(38-22-27-15-7-2-8-16-27)30(41-34)25-37-21-26-13-5-1-6-14-26/h1-20,30-34,36H,21-25,35H2/t30-,31-,32+,33-,34+/m1/s1. The second-order valence-electron chi connectivity index (χ2n) is 10.0. The Kier molecular flexibility index (Phi) is 11.0. The molecule has 4 aromatic rings. The molecule has 1 aliphatic heterocycles. The quantitative estimate of drug-likeness (QED) is 0.165. The molecule has 0 amide bonds. The summed E-state index contributed by atoms with van der Waals surface area (Å²) in [6, 6.07) is 40.2. The molecule has 4 aromatic carbocycles. The van der Waals surface area contributed by atoms with Gasteiger partial charge in [-0.1, -0.05) is 121 Å². The third-order valence-electron chi connectivity index (χ3n) is 7.05. The molecule has 7 heteroatoms. The molecular formula is C34H38N2O5. The Morgan fingerprint density at radius 2 is 0.902 bits per heavy atom. The van der Waals surface area contributed by atoms with Gasteiger partial charge in [-0.25, -0.2) is 5.43 Å². The zero-order chi connectivity index (χ0) is 28.1. The van der Waals surface area contributed by atoms with Crippen molar-refractivity contribution >= 4 is 0 Å². The Hall–Kier alpha value is -3.40. The van der Waals surface area contributed by atoms with Crippen LogP contribution in [-0.2, 0) is 50.1 Å². The molecule has 5 atom stereocenters. The van der Waals surface area contributed by atoms with Gasteiger partial charge in [0.25, 0.3) is 0 Å². The summed E-state index contributed by atoms with van der Waals surface area (Å²) in [5.74, 6) is 6.03. The van der Waals surface area contributed by atoms with Gasteiger partial charge < -0.3 is 23.7 Å². The second kappa shape index (κ2) is 15.6. The molecule has 0 aliphatic carbocycles. The summed E-state index contributed by atoms with van der Waals surface area (Å²) in [7, 11) is 0. The fourth-order valence-corrected chi connectivity index (χ4v) is 4.92. The van der Waals surface area contributed by atoms with Crippen molar-refractivity contribution in [2.24, 2.45) is 5.84 Å². The van der Waals surface area contributed by atoms with E-state index in [9.17, 15) is 0 Å². The number of hydrazine groups is 1. The maximum Gasteiger partial charge on any atom is 0.149 e. The van der Waals surface area contributed by atoms with E-state index < -0.39 is 30.6 Å². The van der Waals surface area contributed by atoms with E-state index in [1.54, 1.807) is 0 Å². The smallest absolute Gasteiger partial charge is 0.149 e. The molecule has 0 radical (unpaired) electrons. The lowest BCUT2D eigenvalue weighted by Crippen LogP contribution is -2.65. The molecular weight excluding hydrogens is 516 g/mol. The topological polar surface area (TPSA) is 84.2 Å². The largest absolute Gasteiger partial charge is 0.374 e. The zero-order valence-electron chi connectivity index (χ0n) is 23.1. The van der Waals surface area contributed by atoms with Gasteiger partial charge >= 0.3 is 0 Å². The Morgan fingerprint density at radius 3 is 1.34 bits per heavy atom. The van der Waals surface area contributed by atoms with Crippen LogP contribution in [0, 0.1) is 0 Å². The van der Waals surface area contributed by atoms with Crippen LogP contribution in [0.4, 0.5) is 0 Å². The van der Waals surface area contributed by atoms with Gasteiger partial charge in [-0.15, -0.1) is 0 Å². The number of hydrogen-bond acceptors (Lipinski definition) is 7. The molecule has 1 aliphatic rings. The zero-order valence-corrected chi connectivity index (χ0v) is 23.1. The molecule has 214 valence electrons. The van der Waals surface area contributed by atoms with Crippen LogP contribution < -0.4 is 11.3 Å². The van der Waals surface area contributed by atoms with E-state index in [1.165, 1.54) is 0 Å². The number of ether oxygens (including phenoxy) is 5. The first-order chi connectivity index (χ1) is 20.3. The highest BCUT2D eigenvalue weighted by Crippen LogP contribution is 2.30. The average molecular weight is 555 g/mol. The van der Waals surface area contributed by atoms with Crippen LogP contribution in [0.1, 0.15) is 22.3 Å². The molecule has 1 saturated heterocycles. The van der Waals surface area contributed by atoms with E-state index in [1.807, 2.05) is 121 Å². The predicted molar refractivity (Wildman–Crippen MR) is 157 cm³/mol. The van der Waals surface area contributed by atoms with Gasteiger partial charge in [0, 0.05) is 0 Å². The van der Waals surface area contributed by atoms with Gasteiger partial charge in [-0.2, -0.15) is 0 Å². The number of nitrogens with two attached hydrogens (primary N) is 1. The molecule has 0 bridgehead atoms. The van der Waals surface area contributed by atoms with Crippen LogP contribution in [-0.4, -0.2) is 37.3 Å². The summed E-state index contributed by atoms with van der Waals surface area (Å²) in [5.41, 5.74) is 7.04. The molecule has 0 unspecified atom stereocenters. The van der Waals surface area contributed by atoms with Gasteiger partial charge in [-0.05, 0) is 22.3 Å². The van der Waals surface area contributed by atoms with Crippen molar-refractivity contribution in [2.45, 2.75) is 57.1 Å². The van der Waals surface area contributed by atoms with E-state index in [0.717, 1.165) is 22.3 Å². The minimum absolute atomic E-state index is 0.295. The normalized spacial score (nSPS) is 22.4. The minimum atomic E-state index is -0.638. The second-order valence-corrected chi connectivity index (χ2v) is 10.0. The van der Waals surface area contributed by atoms with Crippen LogP contribution >= 0.6 is 0 Å². The molecule has 7 nitrogen and oxygen atoms in total. The van der Waals surface area contributed by atoms with E-state index in [0.29, 0.717) is 33.0 Å². The van der Waals surface area contributed by atoms with Gasteiger partial charge in [-0.3, -0.25) is 5.84 Å². The number of benzene rings is 4. The fourth-order valence-electron chi connectivity index (χ4n) is 4.92. The molecule has 0 aromatic heterocycles. The predicted octanol–water partition coefficient (Wildman–Crippen LogP) is 5.15. The van der Waals surface area contributed by atoms with Crippen molar-refractivity contribution in [2.75, 3.05) is 6.61 Å². The van der Waals surface area contributed by atoms with E-state index in [2.05, 4.69) is 5.43 Å². The van der Waals surface area contributed by atoms with Crippen LogP contribution in [0.15, 0.2) is 121 Å². The number of nitrogens with one attached hydrogen (secondary N) is 1. The van der Waals surface area contributed by atoms with E-state index in [4.69, 9.17) is 29.5 Å².